The number of hydrogen-bond acceptors (Lipinski definition) is 3. The molecule has 116 valence electrons. The van der Waals surface area contributed by atoms with Crippen LogP contribution in [0, 0.1) is 5.82 Å². The molecule has 0 radical (unpaired) electrons. The number of ether oxygens (including phenoxy) is 1. The van der Waals surface area contributed by atoms with E-state index >= 15 is 0 Å². The first-order valence-electron chi connectivity index (χ1n) is 7.51. The van der Waals surface area contributed by atoms with Gasteiger partial charge in [-0.1, -0.05) is 12.8 Å². The Balaban J connectivity index is 1.61. The Labute approximate surface area is 124 Å². The molecule has 1 aliphatic carbocycles. The fourth-order valence-electron chi connectivity index (χ4n) is 2.51. The lowest BCUT2D eigenvalue weighted by atomic mass is 9.92. The van der Waals surface area contributed by atoms with E-state index in [1.54, 1.807) is 12.1 Å². The van der Waals surface area contributed by atoms with Crippen molar-refractivity contribution in [3.63, 3.8) is 0 Å². The van der Waals surface area contributed by atoms with Gasteiger partial charge in [0.15, 0.2) is 0 Å². The van der Waals surface area contributed by atoms with Crippen molar-refractivity contribution >= 4 is 5.91 Å². The molecule has 1 amide bonds. The third-order valence-corrected chi connectivity index (χ3v) is 3.71. The molecule has 1 aromatic carbocycles. The standard InChI is InChI=1S/C16H22FNO3/c17-12-7-9-13(10-8-12)21-11-3-6-16(20)18-14-4-1-2-5-15(14)19/h7-10,14-15,19H,1-6,11H2,(H,18,20). The smallest absolute Gasteiger partial charge is 0.220 e. The van der Waals surface area contributed by atoms with Crippen molar-refractivity contribution < 1.29 is 19.0 Å². The van der Waals surface area contributed by atoms with Gasteiger partial charge in [0, 0.05) is 6.42 Å². The molecule has 2 unspecified atom stereocenters. The van der Waals surface area contributed by atoms with Crippen LogP contribution in [0.5, 0.6) is 5.75 Å². The lowest BCUT2D eigenvalue weighted by molar-refractivity contribution is -0.123. The van der Waals surface area contributed by atoms with Gasteiger partial charge in [0.25, 0.3) is 0 Å². The molecule has 1 saturated carbocycles. The van der Waals surface area contributed by atoms with E-state index < -0.39 is 6.10 Å². The molecule has 0 spiro atoms. The molecule has 5 heteroatoms. The molecular formula is C16H22FNO3. The zero-order chi connectivity index (χ0) is 15.1. The largest absolute Gasteiger partial charge is 0.494 e. The SMILES string of the molecule is O=C(CCCOc1ccc(F)cc1)NC1CCCCC1O. The Bertz CT molecular complexity index is 449. The van der Waals surface area contributed by atoms with Gasteiger partial charge in [-0.2, -0.15) is 0 Å². The summed E-state index contributed by atoms with van der Waals surface area (Å²) in [6.07, 6.45) is 4.22. The summed E-state index contributed by atoms with van der Waals surface area (Å²) in [5.74, 6) is 0.246. The van der Waals surface area contributed by atoms with Crippen molar-refractivity contribution in [1.29, 1.82) is 0 Å². The summed E-state index contributed by atoms with van der Waals surface area (Å²) >= 11 is 0. The van der Waals surface area contributed by atoms with Gasteiger partial charge in [0.05, 0.1) is 18.8 Å². The Morgan fingerprint density at radius 3 is 2.71 bits per heavy atom. The van der Waals surface area contributed by atoms with Crippen LogP contribution < -0.4 is 10.1 Å². The van der Waals surface area contributed by atoms with Gasteiger partial charge in [-0.05, 0) is 43.5 Å². The highest BCUT2D eigenvalue weighted by Crippen LogP contribution is 2.18. The van der Waals surface area contributed by atoms with Crippen molar-refractivity contribution in [3.8, 4) is 5.75 Å². The van der Waals surface area contributed by atoms with Crippen LogP contribution in [0.25, 0.3) is 0 Å². The van der Waals surface area contributed by atoms with Crippen molar-refractivity contribution in [2.45, 2.75) is 50.7 Å². The van der Waals surface area contributed by atoms with E-state index in [1.807, 2.05) is 0 Å². The molecule has 0 aliphatic heterocycles. The van der Waals surface area contributed by atoms with E-state index in [-0.39, 0.29) is 17.8 Å². The molecule has 0 saturated heterocycles. The maximum Gasteiger partial charge on any atom is 0.220 e. The van der Waals surface area contributed by atoms with Crippen molar-refractivity contribution in [2.75, 3.05) is 6.61 Å². The van der Waals surface area contributed by atoms with Crippen LogP contribution in [0.2, 0.25) is 0 Å². The molecule has 0 bridgehead atoms. The fraction of sp³-hybridized carbons (Fsp3) is 0.562. The third kappa shape index (κ3) is 5.34. The minimum atomic E-state index is -0.418. The fourth-order valence-corrected chi connectivity index (χ4v) is 2.51. The molecule has 1 aromatic rings. The highest BCUT2D eigenvalue weighted by atomic mass is 19.1. The van der Waals surface area contributed by atoms with Crippen molar-refractivity contribution in [3.05, 3.63) is 30.1 Å². The quantitative estimate of drug-likeness (QED) is 0.792. The first-order chi connectivity index (χ1) is 10.1. The Hall–Kier alpha value is -1.62. The maximum atomic E-state index is 12.7. The Kier molecular flexibility index (Phi) is 5.99. The average Bonchev–Trinajstić information content (AvgIpc) is 2.48. The normalized spacial score (nSPS) is 21.8. The van der Waals surface area contributed by atoms with Crippen molar-refractivity contribution in [1.82, 2.24) is 5.32 Å². The summed E-state index contributed by atoms with van der Waals surface area (Å²) in [5.41, 5.74) is 0. The summed E-state index contributed by atoms with van der Waals surface area (Å²) in [6, 6.07) is 5.70. The maximum absolute atomic E-state index is 12.7. The summed E-state index contributed by atoms with van der Waals surface area (Å²) in [6.45, 7) is 0.409. The molecule has 4 nitrogen and oxygen atoms in total. The van der Waals surface area contributed by atoms with Crippen LogP contribution >= 0.6 is 0 Å². The van der Waals surface area contributed by atoms with Crippen LogP contribution in [-0.4, -0.2) is 29.8 Å². The molecule has 2 N–H and O–H groups in total. The van der Waals surface area contributed by atoms with Gasteiger partial charge >= 0.3 is 0 Å². The second kappa shape index (κ2) is 7.98. The average molecular weight is 295 g/mol. The molecule has 2 atom stereocenters. The van der Waals surface area contributed by atoms with Gasteiger partial charge in [0.2, 0.25) is 5.91 Å². The summed E-state index contributed by atoms with van der Waals surface area (Å²) in [7, 11) is 0. The predicted octanol–water partition coefficient (Wildman–Crippen LogP) is 2.40. The number of carbonyl (C=O) groups excluding carboxylic acids is 1. The summed E-state index contributed by atoms with van der Waals surface area (Å²) in [4.78, 5) is 11.8. The minimum Gasteiger partial charge on any atom is -0.494 e. The van der Waals surface area contributed by atoms with E-state index in [9.17, 15) is 14.3 Å². The first-order valence-corrected chi connectivity index (χ1v) is 7.51. The van der Waals surface area contributed by atoms with E-state index in [1.165, 1.54) is 12.1 Å². The molecule has 21 heavy (non-hydrogen) atoms. The summed E-state index contributed by atoms with van der Waals surface area (Å²) in [5, 5.41) is 12.7. The Morgan fingerprint density at radius 1 is 1.29 bits per heavy atom. The lowest BCUT2D eigenvalue weighted by Crippen LogP contribution is -2.45. The van der Waals surface area contributed by atoms with Gasteiger partial charge < -0.3 is 15.2 Å². The number of benzene rings is 1. The number of amides is 1. The molecule has 1 aliphatic rings. The number of halogens is 1. The molecule has 2 rings (SSSR count). The lowest BCUT2D eigenvalue weighted by Gasteiger charge is -2.28. The van der Waals surface area contributed by atoms with Crippen LogP contribution in [0.1, 0.15) is 38.5 Å². The zero-order valence-electron chi connectivity index (χ0n) is 12.1. The Morgan fingerprint density at radius 2 is 2.00 bits per heavy atom. The van der Waals surface area contributed by atoms with Crippen molar-refractivity contribution in [2.24, 2.45) is 0 Å². The molecule has 0 aromatic heterocycles. The van der Waals surface area contributed by atoms with Gasteiger partial charge in [-0.25, -0.2) is 4.39 Å². The highest BCUT2D eigenvalue weighted by Gasteiger charge is 2.24. The second-order valence-corrected chi connectivity index (χ2v) is 5.43. The zero-order valence-corrected chi connectivity index (χ0v) is 12.1. The topological polar surface area (TPSA) is 58.6 Å². The number of hydrogen-bond donors (Lipinski definition) is 2. The second-order valence-electron chi connectivity index (χ2n) is 5.43. The van der Waals surface area contributed by atoms with E-state index in [2.05, 4.69) is 5.32 Å². The van der Waals surface area contributed by atoms with Crippen LogP contribution in [0.4, 0.5) is 4.39 Å². The third-order valence-electron chi connectivity index (χ3n) is 3.71. The number of nitrogens with one attached hydrogen (secondary N) is 1. The highest BCUT2D eigenvalue weighted by molar-refractivity contribution is 5.76. The number of aliphatic hydroxyl groups excluding tert-OH is 1. The van der Waals surface area contributed by atoms with E-state index in [0.717, 1.165) is 25.7 Å². The van der Waals surface area contributed by atoms with Gasteiger partial charge in [0.1, 0.15) is 11.6 Å². The number of aliphatic hydroxyl groups is 1. The predicted molar refractivity (Wildman–Crippen MR) is 77.5 cm³/mol. The van der Waals surface area contributed by atoms with Gasteiger partial charge in [-0.15, -0.1) is 0 Å². The van der Waals surface area contributed by atoms with E-state index in [0.29, 0.717) is 25.2 Å². The molecule has 1 fully saturated rings. The number of rotatable bonds is 6. The molecule has 0 heterocycles. The van der Waals surface area contributed by atoms with E-state index in [4.69, 9.17) is 4.74 Å². The summed E-state index contributed by atoms with van der Waals surface area (Å²) < 4.78 is 18.1. The monoisotopic (exact) mass is 295 g/mol. The minimum absolute atomic E-state index is 0.0522. The van der Waals surface area contributed by atoms with Gasteiger partial charge in [-0.3, -0.25) is 4.79 Å². The van der Waals surface area contributed by atoms with Crippen LogP contribution in [0.3, 0.4) is 0 Å². The van der Waals surface area contributed by atoms with Crippen LogP contribution in [-0.2, 0) is 4.79 Å². The molecular weight excluding hydrogens is 273 g/mol. The van der Waals surface area contributed by atoms with Crippen LogP contribution in [0.15, 0.2) is 24.3 Å². The first kappa shape index (κ1) is 15.8. The number of carbonyl (C=O) groups is 1.